The number of amides is 1. The molecule has 1 fully saturated rings. The SMILES string of the molecule is COc1cccc(CCN2CCN(C(=O)c3c(C)n(CCCN(C)C)c4ccc(C)cc34)CC2)c1. The Balaban J connectivity index is 1.44. The highest BCUT2D eigenvalue weighted by molar-refractivity contribution is 6.08. The Kier molecular flexibility index (Phi) is 8.14. The number of methoxy groups -OCH3 is 1. The highest BCUT2D eigenvalue weighted by Gasteiger charge is 2.27. The molecule has 0 unspecified atom stereocenters. The second-order valence-corrected chi connectivity index (χ2v) is 10.0. The van der Waals surface area contributed by atoms with Crippen LogP contribution in [0.5, 0.6) is 5.75 Å². The topological polar surface area (TPSA) is 41.0 Å². The highest BCUT2D eigenvalue weighted by Crippen LogP contribution is 2.29. The number of ether oxygens (including phenoxy) is 1. The molecule has 0 saturated carbocycles. The molecule has 188 valence electrons. The predicted molar refractivity (Wildman–Crippen MR) is 144 cm³/mol. The molecule has 0 bridgehead atoms. The molecule has 1 aliphatic rings. The van der Waals surface area contributed by atoms with E-state index in [1.165, 1.54) is 16.6 Å². The van der Waals surface area contributed by atoms with E-state index in [2.05, 4.69) is 77.5 Å². The minimum absolute atomic E-state index is 0.178. The van der Waals surface area contributed by atoms with Gasteiger partial charge in [0.15, 0.2) is 0 Å². The van der Waals surface area contributed by atoms with Crippen LogP contribution >= 0.6 is 0 Å². The van der Waals surface area contributed by atoms with Crippen LogP contribution in [0.4, 0.5) is 0 Å². The lowest BCUT2D eigenvalue weighted by Gasteiger charge is -2.35. The monoisotopic (exact) mass is 476 g/mol. The first-order chi connectivity index (χ1) is 16.9. The fourth-order valence-corrected chi connectivity index (χ4v) is 5.15. The largest absolute Gasteiger partial charge is 0.497 e. The number of benzene rings is 2. The molecule has 2 heterocycles. The van der Waals surface area contributed by atoms with Gasteiger partial charge in [-0.3, -0.25) is 9.69 Å². The average molecular weight is 477 g/mol. The first kappa shape index (κ1) is 25.3. The van der Waals surface area contributed by atoms with E-state index in [9.17, 15) is 4.79 Å². The zero-order valence-electron chi connectivity index (χ0n) is 22.0. The van der Waals surface area contributed by atoms with E-state index in [1.807, 2.05) is 12.1 Å². The lowest BCUT2D eigenvalue weighted by molar-refractivity contribution is 0.0639. The van der Waals surface area contributed by atoms with E-state index < -0.39 is 0 Å². The summed E-state index contributed by atoms with van der Waals surface area (Å²) in [4.78, 5) is 20.5. The van der Waals surface area contributed by atoms with E-state index in [1.54, 1.807) is 7.11 Å². The lowest BCUT2D eigenvalue weighted by atomic mass is 10.1. The second kappa shape index (κ2) is 11.3. The molecule has 1 aliphatic heterocycles. The molecule has 0 atom stereocenters. The zero-order valence-corrected chi connectivity index (χ0v) is 22.0. The average Bonchev–Trinajstić information content (AvgIpc) is 3.12. The molecule has 1 aromatic heterocycles. The number of hydrogen-bond acceptors (Lipinski definition) is 4. The van der Waals surface area contributed by atoms with Crippen molar-refractivity contribution >= 4 is 16.8 Å². The number of carbonyl (C=O) groups excluding carboxylic acids is 1. The minimum atomic E-state index is 0.178. The van der Waals surface area contributed by atoms with E-state index >= 15 is 0 Å². The van der Waals surface area contributed by atoms with Crippen LogP contribution < -0.4 is 4.74 Å². The smallest absolute Gasteiger partial charge is 0.256 e. The fourth-order valence-electron chi connectivity index (χ4n) is 5.15. The van der Waals surface area contributed by atoms with Gasteiger partial charge < -0.3 is 19.1 Å². The molecule has 6 heteroatoms. The maximum absolute atomic E-state index is 13.8. The van der Waals surface area contributed by atoms with Gasteiger partial charge in [-0.1, -0.05) is 23.8 Å². The Hall–Kier alpha value is -2.83. The van der Waals surface area contributed by atoms with Crippen LogP contribution in [0.25, 0.3) is 10.9 Å². The molecule has 35 heavy (non-hydrogen) atoms. The molecule has 6 nitrogen and oxygen atoms in total. The van der Waals surface area contributed by atoms with Gasteiger partial charge >= 0.3 is 0 Å². The number of carbonyl (C=O) groups is 1. The summed E-state index contributed by atoms with van der Waals surface area (Å²) < 4.78 is 7.69. The Morgan fingerprint density at radius 3 is 2.49 bits per heavy atom. The third kappa shape index (κ3) is 5.88. The summed E-state index contributed by atoms with van der Waals surface area (Å²) >= 11 is 0. The number of aromatic nitrogens is 1. The van der Waals surface area contributed by atoms with Crippen molar-refractivity contribution in [2.24, 2.45) is 0 Å². The van der Waals surface area contributed by atoms with Crippen molar-refractivity contribution in [2.45, 2.75) is 33.2 Å². The molecule has 3 aromatic rings. The fraction of sp³-hybridized carbons (Fsp3) is 0.483. The van der Waals surface area contributed by atoms with Crippen molar-refractivity contribution in [3.05, 3.63) is 64.8 Å². The third-order valence-corrected chi connectivity index (χ3v) is 7.19. The van der Waals surface area contributed by atoms with Crippen molar-refractivity contribution in [2.75, 3.05) is 60.5 Å². The van der Waals surface area contributed by atoms with Crippen molar-refractivity contribution in [3.8, 4) is 5.75 Å². The van der Waals surface area contributed by atoms with Gasteiger partial charge in [0.2, 0.25) is 0 Å². The first-order valence-electron chi connectivity index (χ1n) is 12.8. The van der Waals surface area contributed by atoms with E-state index in [-0.39, 0.29) is 5.91 Å². The summed E-state index contributed by atoms with van der Waals surface area (Å²) in [7, 11) is 5.92. The molecule has 1 saturated heterocycles. The summed E-state index contributed by atoms with van der Waals surface area (Å²) in [6, 6.07) is 14.8. The lowest BCUT2D eigenvalue weighted by Crippen LogP contribution is -2.49. The van der Waals surface area contributed by atoms with Crippen LogP contribution in [-0.4, -0.2) is 85.6 Å². The number of aryl methyl sites for hydroxylation is 2. The normalized spacial score (nSPS) is 14.7. The van der Waals surface area contributed by atoms with Gasteiger partial charge in [-0.05, 0) is 77.2 Å². The first-order valence-corrected chi connectivity index (χ1v) is 12.8. The number of fused-ring (bicyclic) bond motifs is 1. The van der Waals surface area contributed by atoms with Crippen molar-refractivity contribution in [1.82, 2.24) is 19.3 Å². The van der Waals surface area contributed by atoms with E-state index in [0.29, 0.717) is 0 Å². The molecule has 1 amide bonds. The van der Waals surface area contributed by atoms with Gasteiger partial charge in [0.05, 0.1) is 12.7 Å². The van der Waals surface area contributed by atoms with Gasteiger partial charge in [0.25, 0.3) is 5.91 Å². The van der Waals surface area contributed by atoms with Crippen molar-refractivity contribution in [3.63, 3.8) is 0 Å². The van der Waals surface area contributed by atoms with Gasteiger partial charge in [0.1, 0.15) is 5.75 Å². The van der Waals surface area contributed by atoms with Crippen molar-refractivity contribution < 1.29 is 9.53 Å². The van der Waals surface area contributed by atoms with Crippen LogP contribution in [-0.2, 0) is 13.0 Å². The molecule has 0 spiro atoms. The number of hydrogen-bond donors (Lipinski definition) is 0. The maximum atomic E-state index is 13.8. The van der Waals surface area contributed by atoms with Crippen LogP contribution in [0, 0.1) is 13.8 Å². The zero-order chi connectivity index (χ0) is 24.9. The molecular formula is C29H40N4O2. The molecule has 4 rings (SSSR count). The van der Waals surface area contributed by atoms with Crippen LogP contribution in [0.3, 0.4) is 0 Å². The molecule has 0 N–H and O–H groups in total. The summed E-state index contributed by atoms with van der Waals surface area (Å²) in [5, 5.41) is 1.10. The standard InChI is InChI=1S/C29H40N4O2/c1-22-10-11-27-26(20-22)28(23(2)33(27)14-7-13-30(3)4)29(34)32-18-16-31(17-19-32)15-12-24-8-6-9-25(21-24)35-5/h6,8-11,20-21H,7,12-19H2,1-5H3. The predicted octanol–water partition coefficient (Wildman–Crippen LogP) is 4.22. The van der Waals surface area contributed by atoms with Crippen molar-refractivity contribution in [1.29, 1.82) is 0 Å². The van der Waals surface area contributed by atoms with Gasteiger partial charge in [0, 0.05) is 55.9 Å². The Bertz CT molecular complexity index is 1160. The molecule has 0 radical (unpaired) electrons. The van der Waals surface area contributed by atoms with Gasteiger partial charge in [-0.15, -0.1) is 0 Å². The number of rotatable bonds is 9. The van der Waals surface area contributed by atoms with E-state index in [4.69, 9.17) is 4.74 Å². The summed E-state index contributed by atoms with van der Waals surface area (Å²) in [5.74, 6) is 1.08. The Morgan fingerprint density at radius 1 is 1.00 bits per heavy atom. The summed E-state index contributed by atoms with van der Waals surface area (Å²) in [6.45, 7) is 10.5. The third-order valence-electron chi connectivity index (χ3n) is 7.19. The Morgan fingerprint density at radius 2 is 1.77 bits per heavy atom. The summed E-state index contributed by atoms with van der Waals surface area (Å²) in [5.41, 5.74) is 5.63. The van der Waals surface area contributed by atoms with Crippen LogP contribution in [0.2, 0.25) is 0 Å². The number of nitrogens with zero attached hydrogens (tertiary/aromatic N) is 4. The molecule has 0 aliphatic carbocycles. The van der Waals surface area contributed by atoms with Gasteiger partial charge in [-0.25, -0.2) is 0 Å². The quantitative estimate of drug-likeness (QED) is 0.464. The molecule has 2 aromatic carbocycles. The minimum Gasteiger partial charge on any atom is -0.497 e. The molecular weight excluding hydrogens is 436 g/mol. The van der Waals surface area contributed by atoms with Crippen LogP contribution in [0.15, 0.2) is 42.5 Å². The second-order valence-electron chi connectivity index (χ2n) is 10.0. The van der Waals surface area contributed by atoms with Crippen LogP contribution in [0.1, 0.15) is 33.6 Å². The maximum Gasteiger partial charge on any atom is 0.256 e. The highest BCUT2D eigenvalue weighted by atomic mass is 16.5. The van der Waals surface area contributed by atoms with E-state index in [0.717, 1.165) is 81.0 Å². The summed E-state index contributed by atoms with van der Waals surface area (Å²) in [6.07, 6.45) is 2.05. The van der Waals surface area contributed by atoms with Gasteiger partial charge in [-0.2, -0.15) is 0 Å². The number of piperazine rings is 1. The Labute approximate surface area is 210 Å².